The molecule has 0 unspecified atom stereocenters. The van der Waals surface area contributed by atoms with Crippen molar-refractivity contribution in [1.82, 2.24) is 4.98 Å². The Morgan fingerprint density at radius 3 is 2.54 bits per heavy atom. The van der Waals surface area contributed by atoms with E-state index in [-0.39, 0.29) is 26.6 Å². The van der Waals surface area contributed by atoms with Gasteiger partial charge in [0, 0.05) is 6.92 Å². The average molecular weight is 452 g/mol. The number of ether oxygens (including phenoxy) is 2. The average Bonchev–Trinajstić information content (AvgIpc) is 2.50. The van der Waals surface area contributed by atoms with Crippen LogP contribution in [0.3, 0.4) is 0 Å². The van der Waals surface area contributed by atoms with Gasteiger partial charge in [-0.05, 0) is 28.1 Å². The molecular formula is C15H10BrClF2N2O5. The fourth-order valence-electron chi connectivity index (χ4n) is 2.06. The van der Waals surface area contributed by atoms with E-state index in [2.05, 4.69) is 31.0 Å². The molecule has 0 aliphatic carbocycles. The maximum Gasteiger partial charge on any atom is 0.512 e. The molecule has 0 spiro atoms. The van der Waals surface area contributed by atoms with Crippen molar-refractivity contribution in [2.24, 2.45) is 0 Å². The van der Waals surface area contributed by atoms with E-state index in [0.29, 0.717) is 0 Å². The molecule has 2 rings (SSSR count). The van der Waals surface area contributed by atoms with Gasteiger partial charge in [-0.2, -0.15) is 0 Å². The lowest BCUT2D eigenvalue weighted by atomic mass is 10.1. The summed E-state index contributed by atoms with van der Waals surface area (Å²) in [5.74, 6) is -3.61. The van der Waals surface area contributed by atoms with Crippen molar-refractivity contribution in [3.05, 3.63) is 33.3 Å². The number of carbonyl (C=O) groups is 2. The van der Waals surface area contributed by atoms with Gasteiger partial charge >= 0.3 is 6.16 Å². The Bertz CT molecular complexity index is 873. The van der Waals surface area contributed by atoms with E-state index in [0.717, 1.165) is 19.1 Å². The SMILES string of the molecule is COc1c(Br)cc(F)c(-c2cc(NC(C)=O)c(Cl)c(OC(=O)O)n2)c1F. The van der Waals surface area contributed by atoms with Crippen LogP contribution in [0.25, 0.3) is 11.3 Å². The molecule has 0 radical (unpaired) electrons. The fourth-order valence-corrected chi connectivity index (χ4v) is 2.78. The zero-order chi connectivity index (χ0) is 19.6. The molecule has 11 heteroatoms. The minimum atomic E-state index is -1.75. The topological polar surface area (TPSA) is 97.8 Å². The van der Waals surface area contributed by atoms with Gasteiger partial charge in [-0.25, -0.2) is 18.6 Å². The Balaban J connectivity index is 2.77. The predicted octanol–water partition coefficient (Wildman–Crippen LogP) is 4.47. The first kappa shape index (κ1) is 19.9. The van der Waals surface area contributed by atoms with E-state index >= 15 is 0 Å². The van der Waals surface area contributed by atoms with Gasteiger partial charge in [0.1, 0.15) is 10.8 Å². The number of halogens is 4. The molecule has 1 aromatic heterocycles. The normalized spacial score (nSPS) is 10.4. The largest absolute Gasteiger partial charge is 0.512 e. The second-order valence-corrected chi connectivity index (χ2v) is 6.02. The van der Waals surface area contributed by atoms with Crippen molar-refractivity contribution >= 4 is 45.3 Å². The number of nitrogens with zero attached hydrogens (tertiary/aromatic N) is 1. The number of aromatic nitrogens is 1. The smallest absolute Gasteiger partial charge is 0.492 e. The number of anilines is 1. The maximum atomic E-state index is 14.7. The quantitative estimate of drug-likeness (QED) is 0.666. The van der Waals surface area contributed by atoms with Crippen molar-refractivity contribution in [1.29, 1.82) is 0 Å². The van der Waals surface area contributed by atoms with Crippen molar-refractivity contribution in [2.45, 2.75) is 6.92 Å². The standard InChI is InChI=1S/C15H10BrClF2N2O5/c1-5(22)20-9-4-8(21-14(11(9)17)26-15(23)24)10-7(18)3-6(16)13(25-2)12(10)19/h3-4H,1-2H3,(H,23,24)(H,20,21,22). The van der Waals surface area contributed by atoms with Crippen LogP contribution >= 0.6 is 27.5 Å². The molecule has 0 atom stereocenters. The van der Waals surface area contributed by atoms with Gasteiger partial charge in [-0.3, -0.25) is 4.79 Å². The monoisotopic (exact) mass is 450 g/mol. The van der Waals surface area contributed by atoms with E-state index in [1.807, 2.05) is 0 Å². The molecule has 138 valence electrons. The molecule has 1 amide bonds. The highest BCUT2D eigenvalue weighted by atomic mass is 79.9. The Morgan fingerprint density at radius 1 is 1.35 bits per heavy atom. The Hall–Kier alpha value is -2.46. The third-order valence-corrected chi connectivity index (χ3v) is 3.96. The van der Waals surface area contributed by atoms with Gasteiger partial charge in [0.2, 0.25) is 11.8 Å². The number of amides is 1. The van der Waals surface area contributed by atoms with Crippen LogP contribution in [0.4, 0.5) is 19.3 Å². The molecule has 0 fully saturated rings. The van der Waals surface area contributed by atoms with E-state index in [1.54, 1.807) is 0 Å². The van der Waals surface area contributed by atoms with Crippen LogP contribution in [0, 0.1) is 11.6 Å². The lowest BCUT2D eigenvalue weighted by Gasteiger charge is -2.14. The van der Waals surface area contributed by atoms with Crippen molar-refractivity contribution in [3.8, 4) is 22.9 Å². The van der Waals surface area contributed by atoms with Crippen LogP contribution in [0.15, 0.2) is 16.6 Å². The highest BCUT2D eigenvalue weighted by Gasteiger charge is 2.24. The molecular weight excluding hydrogens is 442 g/mol. The summed E-state index contributed by atoms with van der Waals surface area (Å²) in [6.45, 7) is 1.16. The summed E-state index contributed by atoms with van der Waals surface area (Å²) in [5, 5.41) is 10.7. The summed E-state index contributed by atoms with van der Waals surface area (Å²) in [7, 11) is 1.18. The predicted molar refractivity (Wildman–Crippen MR) is 91.8 cm³/mol. The van der Waals surface area contributed by atoms with Gasteiger partial charge in [-0.1, -0.05) is 11.6 Å². The van der Waals surface area contributed by atoms with E-state index in [9.17, 15) is 18.4 Å². The van der Waals surface area contributed by atoms with Crippen LogP contribution in [0.2, 0.25) is 5.02 Å². The number of carbonyl (C=O) groups excluding carboxylic acids is 1. The zero-order valence-corrected chi connectivity index (χ0v) is 15.5. The lowest BCUT2D eigenvalue weighted by molar-refractivity contribution is -0.114. The van der Waals surface area contributed by atoms with Crippen molar-refractivity contribution in [2.75, 3.05) is 12.4 Å². The number of benzene rings is 1. The van der Waals surface area contributed by atoms with E-state index < -0.39 is 35.1 Å². The third-order valence-electron chi connectivity index (χ3n) is 3.01. The number of hydrogen-bond acceptors (Lipinski definition) is 5. The molecule has 0 bridgehead atoms. The van der Waals surface area contributed by atoms with Crippen molar-refractivity contribution < 1.29 is 33.0 Å². The summed E-state index contributed by atoms with van der Waals surface area (Å²) >= 11 is 8.90. The van der Waals surface area contributed by atoms with Crippen LogP contribution in [-0.2, 0) is 4.79 Å². The molecule has 0 aliphatic heterocycles. The van der Waals surface area contributed by atoms with E-state index in [1.165, 1.54) is 7.11 Å². The van der Waals surface area contributed by atoms with Gasteiger partial charge in [0.25, 0.3) is 0 Å². The number of rotatable bonds is 4. The minimum Gasteiger partial charge on any atom is -0.492 e. The number of pyridine rings is 1. The van der Waals surface area contributed by atoms with Crippen LogP contribution in [-0.4, -0.2) is 29.3 Å². The van der Waals surface area contributed by atoms with Gasteiger partial charge < -0.3 is 19.9 Å². The van der Waals surface area contributed by atoms with Gasteiger partial charge in [0.05, 0.1) is 28.5 Å². The number of methoxy groups -OCH3 is 1. The minimum absolute atomic E-state index is 0.0248. The van der Waals surface area contributed by atoms with Crippen LogP contribution in [0.1, 0.15) is 6.92 Å². The highest BCUT2D eigenvalue weighted by molar-refractivity contribution is 9.10. The molecule has 0 saturated heterocycles. The van der Waals surface area contributed by atoms with E-state index in [4.69, 9.17) is 21.4 Å². The number of carboxylic acid groups (broad SMARTS) is 1. The molecule has 2 N–H and O–H groups in total. The third kappa shape index (κ3) is 4.02. The second kappa shape index (κ2) is 7.83. The summed E-state index contributed by atoms with van der Waals surface area (Å²) in [6, 6.07) is 2.02. The zero-order valence-electron chi connectivity index (χ0n) is 13.2. The summed E-state index contributed by atoms with van der Waals surface area (Å²) < 4.78 is 38.3. The Labute approximate surface area is 159 Å². The first-order valence-electron chi connectivity index (χ1n) is 6.76. The molecule has 1 aromatic carbocycles. The molecule has 1 heterocycles. The van der Waals surface area contributed by atoms with Crippen molar-refractivity contribution in [3.63, 3.8) is 0 Å². The first-order valence-corrected chi connectivity index (χ1v) is 7.93. The number of hydrogen-bond donors (Lipinski definition) is 2. The molecule has 0 aliphatic rings. The summed E-state index contributed by atoms with van der Waals surface area (Å²) in [6.07, 6.45) is -1.75. The van der Waals surface area contributed by atoms with Gasteiger partial charge in [-0.15, -0.1) is 0 Å². The molecule has 7 nitrogen and oxygen atoms in total. The molecule has 26 heavy (non-hydrogen) atoms. The highest BCUT2D eigenvalue weighted by Crippen LogP contribution is 2.40. The fraction of sp³-hybridized carbons (Fsp3) is 0.133. The molecule has 0 saturated carbocycles. The van der Waals surface area contributed by atoms with Gasteiger partial charge in [0.15, 0.2) is 11.6 Å². The first-order chi connectivity index (χ1) is 12.1. The summed E-state index contributed by atoms with van der Waals surface area (Å²) in [4.78, 5) is 25.8. The van der Waals surface area contributed by atoms with Crippen LogP contribution < -0.4 is 14.8 Å². The van der Waals surface area contributed by atoms with Crippen LogP contribution in [0.5, 0.6) is 11.6 Å². The second-order valence-electron chi connectivity index (χ2n) is 4.79. The molecule has 2 aromatic rings. The Kier molecular flexibility index (Phi) is 5.98. The lowest BCUT2D eigenvalue weighted by Crippen LogP contribution is -2.11. The maximum absolute atomic E-state index is 14.7. The summed E-state index contributed by atoms with van der Waals surface area (Å²) in [5.41, 5.74) is -1.13. The number of nitrogens with one attached hydrogen (secondary N) is 1. The Morgan fingerprint density at radius 2 is 2.00 bits per heavy atom.